The van der Waals surface area contributed by atoms with E-state index in [0.29, 0.717) is 29.4 Å². The van der Waals surface area contributed by atoms with Gasteiger partial charge in [0.05, 0.1) is 5.56 Å². The first-order valence-electron chi connectivity index (χ1n) is 11.1. The lowest BCUT2D eigenvalue weighted by Gasteiger charge is -2.30. The minimum Gasteiger partial charge on any atom is -0.451 e. The first-order valence-corrected chi connectivity index (χ1v) is 11.1. The van der Waals surface area contributed by atoms with Crippen molar-refractivity contribution in [3.8, 4) is 11.4 Å². The van der Waals surface area contributed by atoms with Crippen LogP contribution in [0, 0.1) is 6.92 Å². The quantitative estimate of drug-likeness (QED) is 0.457. The largest absolute Gasteiger partial charge is 0.451 e. The molecule has 1 fully saturated rings. The van der Waals surface area contributed by atoms with Crippen molar-refractivity contribution in [3.05, 3.63) is 42.9 Å². The second-order valence-electron chi connectivity index (χ2n) is 8.15. The fourth-order valence-electron chi connectivity index (χ4n) is 4.30. The minimum atomic E-state index is -0.217. The monoisotopic (exact) mass is 447 g/mol. The van der Waals surface area contributed by atoms with Crippen LogP contribution in [0.5, 0.6) is 0 Å². The summed E-state index contributed by atoms with van der Waals surface area (Å²) in [4.78, 5) is 38.7. The van der Waals surface area contributed by atoms with Crippen molar-refractivity contribution in [1.82, 2.24) is 39.8 Å². The molecule has 5 rings (SSSR count). The first kappa shape index (κ1) is 21.0. The van der Waals surface area contributed by atoms with E-state index in [4.69, 9.17) is 9.40 Å². The summed E-state index contributed by atoms with van der Waals surface area (Å²) >= 11 is 0. The van der Waals surface area contributed by atoms with Gasteiger partial charge in [-0.05, 0) is 39.5 Å². The van der Waals surface area contributed by atoms with E-state index < -0.39 is 0 Å². The number of hydrogen-bond donors (Lipinski definition) is 2. The smallest absolute Gasteiger partial charge is 0.273 e. The van der Waals surface area contributed by atoms with Crippen molar-refractivity contribution < 1.29 is 9.21 Å². The number of rotatable bonds is 6. The molecule has 33 heavy (non-hydrogen) atoms. The SMILES string of the molecule is CCn1c(-c2cnc(C)nc2)nc2c(N[C@@H]3CCC[C@@H](NC(=O)c4cocn4)C3)ncnc21. The molecule has 0 unspecified atom stereocenters. The molecule has 0 spiro atoms. The number of hydrogen-bond acceptors (Lipinski definition) is 9. The number of carbonyl (C=O) groups is 1. The lowest BCUT2D eigenvalue weighted by Crippen LogP contribution is -2.42. The van der Waals surface area contributed by atoms with E-state index in [1.165, 1.54) is 12.7 Å². The van der Waals surface area contributed by atoms with Gasteiger partial charge in [-0.15, -0.1) is 0 Å². The summed E-state index contributed by atoms with van der Waals surface area (Å²) in [6, 6.07) is 0.198. The second kappa shape index (κ2) is 8.93. The Morgan fingerprint density at radius 3 is 2.73 bits per heavy atom. The van der Waals surface area contributed by atoms with Crippen LogP contribution in [0.3, 0.4) is 0 Å². The molecule has 0 saturated heterocycles. The van der Waals surface area contributed by atoms with Gasteiger partial charge in [0.15, 0.2) is 29.1 Å². The zero-order valence-electron chi connectivity index (χ0n) is 18.5. The fraction of sp³-hybridized carbons (Fsp3) is 0.409. The van der Waals surface area contributed by atoms with Gasteiger partial charge in [0.1, 0.15) is 24.2 Å². The molecule has 2 N–H and O–H groups in total. The van der Waals surface area contributed by atoms with Crippen LogP contribution in [0.2, 0.25) is 0 Å². The van der Waals surface area contributed by atoms with Crippen molar-refractivity contribution in [2.45, 2.75) is 58.2 Å². The number of aryl methyl sites for hydroxylation is 2. The summed E-state index contributed by atoms with van der Waals surface area (Å²) in [6.45, 7) is 4.61. The maximum atomic E-state index is 12.3. The highest BCUT2D eigenvalue weighted by Crippen LogP contribution is 2.28. The minimum absolute atomic E-state index is 0.0474. The molecular formula is C22H25N9O2. The van der Waals surface area contributed by atoms with E-state index >= 15 is 0 Å². The zero-order chi connectivity index (χ0) is 22.8. The van der Waals surface area contributed by atoms with Gasteiger partial charge >= 0.3 is 0 Å². The third-order valence-corrected chi connectivity index (χ3v) is 5.90. The summed E-state index contributed by atoms with van der Waals surface area (Å²) in [5, 5.41) is 6.60. The van der Waals surface area contributed by atoms with E-state index in [1.807, 2.05) is 11.5 Å². The Hall–Kier alpha value is -3.89. The Bertz CT molecular complexity index is 1250. The Balaban J connectivity index is 1.37. The molecule has 0 aromatic carbocycles. The normalized spacial score (nSPS) is 18.4. The predicted molar refractivity (Wildman–Crippen MR) is 120 cm³/mol. The molecule has 2 atom stereocenters. The van der Waals surface area contributed by atoms with Crippen molar-refractivity contribution >= 4 is 22.9 Å². The van der Waals surface area contributed by atoms with Crippen molar-refractivity contribution in [1.29, 1.82) is 0 Å². The molecule has 0 bridgehead atoms. The molecule has 11 nitrogen and oxygen atoms in total. The third kappa shape index (κ3) is 4.26. The van der Waals surface area contributed by atoms with E-state index in [1.54, 1.807) is 18.7 Å². The van der Waals surface area contributed by atoms with Crippen molar-refractivity contribution in [3.63, 3.8) is 0 Å². The molecule has 4 heterocycles. The van der Waals surface area contributed by atoms with E-state index in [2.05, 4.69) is 42.5 Å². The molecule has 1 amide bonds. The van der Waals surface area contributed by atoms with Crippen LogP contribution in [-0.2, 0) is 6.54 Å². The topological polar surface area (TPSA) is 137 Å². The highest BCUT2D eigenvalue weighted by molar-refractivity contribution is 5.92. The Kier molecular flexibility index (Phi) is 5.68. The molecule has 1 aliphatic rings. The van der Waals surface area contributed by atoms with Gasteiger partial charge in [0, 0.05) is 31.0 Å². The Labute approximate surface area is 190 Å². The van der Waals surface area contributed by atoms with Crippen LogP contribution in [0.4, 0.5) is 5.82 Å². The number of amides is 1. The highest BCUT2D eigenvalue weighted by atomic mass is 16.3. The summed E-state index contributed by atoms with van der Waals surface area (Å²) in [6.07, 6.45) is 11.4. The van der Waals surface area contributed by atoms with Crippen LogP contribution in [0.25, 0.3) is 22.6 Å². The number of aromatic nitrogens is 7. The number of imidazole rings is 1. The summed E-state index contributed by atoms with van der Waals surface area (Å²) in [7, 11) is 0. The molecule has 1 saturated carbocycles. The zero-order valence-corrected chi connectivity index (χ0v) is 18.5. The number of oxazole rings is 1. The molecule has 0 radical (unpaired) electrons. The van der Waals surface area contributed by atoms with Gasteiger partial charge in [0.25, 0.3) is 5.91 Å². The lowest BCUT2D eigenvalue weighted by molar-refractivity contribution is 0.0921. The van der Waals surface area contributed by atoms with E-state index in [9.17, 15) is 4.79 Å². The number of nitrogens with one attached hydrogen (secondary N) is 2. The maximum absolute atomic E-state index is 12.3. The molecule has 1 aliphatic carbocycles. The lowest BCUT2D eigenvalue weighted by atomic mass is 9.91. The fourth-order valence-corrected chi connectivity index (χ4v) is 4.30. The number of fused-ring (bicyclic) bond motifs is 1. The number of nitrogens with zero attached hydrogens (tertiary/aromatic N) is 7. The molecule has 170 valence electrons. The van der Waals surface area contributed by atoms with Gasteiger partial charge in [-0.3, -0.25) is 4.79 Å². The average Bonchev–Trinajstić information content (AvgIpc) is 3.49. The number of carbonyl (C=O) groups excluding carboxylic acids is 1. The molecule has 11 heteroatoms. The van der Waals surface area contributed by atoms with Gasteiger partial charge in [-0.2, -0.15) is 0 Å². The standard InChI is InChI=1S/C22H25N9O2/c1-3-31-20(14-8-23-13(2)24-9-14)30-18-19(25-11-26-21(18)31)28-15-5-4-6-16(7-15)29-22(32)17-10-33-12-27-17/h8-12,15-16H,3-7H2,1-2H3,(H,29,32)(H,25,26,28)/t15-,16-/m1/s1. The molecule has 4 aromatic heterocycles. The molecule has 4 aromatic rings. The van der Waals surface area contributed by atoms with Crippen LogP contribution in [0.15, 0.2) is 35.8 Å². The predicted octanol–water partition coefficient (Wildman–Crippen LogP) is 2.75. The highest BCUT2D eigenvalue weighted by Gasteiger charge is 2.26. The van der Waals surface area contributed by atoms with Crippen LogP contribution in [0.1, 0.15) is 48.9 Å². The van der Waals surface area contributed by atoms with E-state index in [-0.39, 0.29) is 18.0 Å². The van der Waals surface area contributed by atoms with Crippen LogP contribution < -0.4 is 10.6 Å². The van der Waals surface area contributed by atoms with Crippen LogP contribution in [-0.4, -0.2) is 52.5 Å². The second-order valence-corrected chi connectivity index (χ2v) is 8.15. The number of anilines is 1. The molecule has 0 aliphatic heterocycles. The van der Waals surface area contributed by atoms with Crippen molar-refractivity contribution in [2.24, 2.45) is 0 Å². The summed E-state index contributed by atoms with van der Waals surface area (Å²) in [5.74, 6) is 1.94. The Morgan fingerprint density at radius 2 is 1.97 bits per heavy atom. The first-order chi connectivity index (χ1) is 16.1. The maximum Gasteiger partial charge on any atom is 0.273 e. The summed E-state index contributed by atoms with van der Waals surface area (Å²) in [5.41, 5.74) is 2.60. The van der Waals surface area contributed by atoms with Gasteiger partial charge in [-0.1, -0.05) is 0 Å². The van der Waals surface area contributed by atoms with Gasteiger partial charge in [-0.25, -0.2) is 29.9 Å². The van der Waals surface area contributed by atoms with E-state index in [0.717, 1.165) is 42.7 Å². The van der Waals surface area contributed by atoms with Crippen LogP contribution >= 0.6 is 0 Å². The average molecular weight is 448 g/mol. The Morgan fingerprint density at radius 1 is 1.15 bits per heavy atom. The summed E-state index contributed by atoms with van der Waals surface area (Å²) < 4.78 is 6.95. The van der Waals surface area contributed by atoms with Gasteiger partial charge < -0.3 is 19.6 Å². The van der Waals surface area contributed by atoms with Gasteiger partial charge in [0.2, 0.25) is 0 Å². The third-order valence-electron chi connectivity index (χ3n) is 5.90. The van der Waals surface area contributed by atoms with Crippen molar-refractivity contribution in [2.75, 3.05) is 5.32 Å². The molecular weight excluding hydrogens is 422 g/mol.